The molecule has 0 bridgehead atoms. The topological polar surface area (TPSA) is 60.9 Å². The Balaban J connectivity index is 1.91. The molecule has 25 heavy (non-hydrogen) atoms. The lowest BCUT2D eigenvalue weighted by Gasteiger charge is -2.36. The van der Waals surface area contributed by atoms with Crippen molar-refractivity contribution < 1.29 is 27.9 Å². The second-order valence-electron chi connectivity index (χ2n) is 6.32. The quantitative estimate of drug-likeness (QED) is 0.879. The lowest BCUT2D eigenvalue weighted by Crippen LogP contribution is -2.49. The van der Waals surface area contributed by atoms with Crippen molar-refractivity contribution in [2.45, 2.75) is 25.9 Å². The fourth-order valence-corrected chi connectivity index (χ4v) is 2.89. The number of hydrogen-bond donors (Lipinski definition) is 1. The van der Waals surface area contributed by atoms with Crippen molar-refractivity contribution in [2.24, 2.45) is 5.92 Å². The molecule has 1 heterocycles. The summed E-state index contributed by atoms with van der Waals surface area (Å²) in [6, 6.07) is 5.16. The molecule has 1 fully saturated rings. The summed E-state index contributed by atoms with van der Waals surface area (Å²) in [6.45, 7) is 3.43. The van der Waals surface area contributed by atoms with Crippen LogP contribution in [0.5, 0.6) is 0 Å². The number of piperazine rings is 1. The Morgan fingerprint density at radius 2 is 1.80 bits per heavy atom. The molecule has 8 heteroatoms. The van der Waals surface area contributed by atoms with Crippen molar-refractivity contribution >= 4 is 17.6 Å². The second-order valence-corrected chi connectivity index (χ2v) is 6.32. The molecule has 138 valence electrons. The first-order chi connectivity index (χ1) is 11.7. The van der Waals surface area contributed by atoms with E-state index in [0.717, 1.165) is 12.1 Å². The summed E-state index contributed by atoms with van der Waals surface area (Å²) in [5.74, 6) is -1.29. The zero-order valence-electron chi connectivity index (χ0n) is 13.9. The first-order valence-corrected chi connectivity index (χ1v) is 8.08. The second kappa shape index (κ2) is 7.76. The normalized spacial score (nSPS) is 16.6. The summed E-state index contributed by atoms with van der Waals surface area (Å²) in [7, 11) is 0. The zero-order valence-corrected chi connectivity index (χ0v) is 13.9. The molecule has 0 spiro atoms. The number of carboxylic acid groups (broad SMARTS) is 1. The van der Waals surface area contributed by atoms with Gasteiger partial charge in [0.2, 0.25) is 5.91 Å². The van der Waals surface area contributed by atoms with Crippen LogP contribution in [0, 0.1) is 5.92 Å². The molecule has 1 aromatic carbocycles. The molecular weight excluding hydrogens is 337 g/mol. The molecule has 0 aliphatic carbocycles. The third-order valence-corrected chi connectivity index (χ3v) is 4.22. The van der Waals surface area contributed by atoms with Gasteiger partial charge in [-0.2, -0.15) is 13.2 Å². The standard InChI is InChI=1S/C17H21F3N2O3/c1-12(10-16(24)25)9-15(23)22-7-5-21(6-8-22)14-4-2-3-13(11-14)17(18,19)20/h2-4,11-12H,5-10H2,1H3,(H,24,25). The molecule has 1 amide bonds. The van der Waals surface area contributed by atoms with Crippen LogP contribution in [-0.2, 0) is 15.8 Å². The lowest BCUT2D eigenvalue weighted by atomic mass is 10.0. The van der Waals surface area contributed by atoms with Gasteiger partial charge in [-0.05, 0) is 24.1 Å². The number of carbonyl (C=O) groups is 2. The van der Waals surface area contributed by atoms with Gasteiger partial charge in [0.15, 0.2) is 0 Å². The van der Waals surface area contributed by atoms with Crippen LogP contribution in [-0.4, -0.2) is 48.1 Å². The number of aliphatic carboxylic acids is 1. The third kappa shape index (κ3) is 5.37. The Morgan fingerprint density at radius 3 is 2.36 bits per heavy atom. The highest BCUT2D eigenvalue weighted by Crippen LogP contribution is 2.31. The number of rotatable bonds is 5. The van der Waals surface area contributed by atoms with E-state index in [0.29, 0.717) is 31.9 Å². The molecule has 2 rings (SSSR count). The number of anilines is 1. The van der Waals surface area contributed by atoms with E-state index in [9.17, 15) is 22.8 Å². The number of halogens is 3. The van der Waals surface area contributed by atoms with E-state index >= 15 is 0 Å². The highest BCUT2D eigenvalue weighted by Gasteiger charge is 2.31. The Bertz CT molecular complexity index is 626. The number of carbonyl (C=O) groups excluding carboxylic acids is 1. The van der Waals surface area contributed by atoms with E-state index in [1.165, 1.54) is 6.07 Å². The number of benzene rings is 1. The van der Waals surface area contributed by atoms with E-state index in [-0.39, 0.29) is 24.7 Å². The van der Waals surface area contributed by atoms with Crippen LogP contribution in [0.15, 0.2) is 24.3 Å². The maximum Gasteiger partial charge on any atom is 0.416 e. The first-order valence-electron chi connectivity index (χ1n) is 8.08. The monoisotopic (exact) mass is 358 g/mol. The summed E-state index contributed by atoms with van der Waals surface area (Å²) < 4.78 is 38.4. The van der Waals surface area contributed by atoms with Crippen LogP contribution in [0.4, 0.5) is 18.9 Å². The van der Waals surface area contributed by atoms with Crippen LogP contribution in [0.1, 0.15) is 25.3 Å². The number of carboxylic acids is 1. The fourth-order valence-electron chi connectivity index (χ4n) is 2.89. The van der Waals surface area contributed by atoms with Crippen molar-refractivity contribution in [2.75, 3.05) is 31.1 Å². The summed E-state index contributed by atoms with van der Waals surface area (Å²) in [4.78, 5) is 26.3. The van der Waals surface area contributed by atoms with E-state index in [1.54, 1.807) is 17.9 Å². The molecule has 1 unspecified atom stereocenters. The van der Waals surface area contributed by atoms with Crippen LogP contribution >= 0.6 is 0 Å². The molecular formula is C17H21F3N2O3. The average Bonchev–Trinajstić information content (AvgIpc) is 2.53. The molecule has 1 aromatic rings. The Morgan fingerprint density at radius 1 is 1.16 bits per heavy atom. The lowest BCUT2D eigenvalue weighted by molar-refractivity contribution is -0.139. The maximum atomic E-state index is 12.8. The highest BCUT2D eigenvalue weighted by molar-refractivity contribution is 5.77. The van der Waals surface area contributed by atoms with Crippen molar-refractivity contribution in [1.82, 2.24) is 4.90 Å². The predicted octanol–water partition coefficient (Wildman–Crippen LogP) is 2.85. The van der Waals surface area contributed by atoms with E-state index in [1.807, 2.05) is 4.90 Å². The van der Waals surface area contributed by atoms with Crippen LogP contribution in [0.3, 0.4) is 0 Å². The Labute approximate surface area is 144 Å². The van der Waals surface area contributed by atoms with Gasteiger partial charge in [-0.3, -0.25) is 9.59 Å². The molecule has 0 radical (unpaired) electrons. The zero-order chi connectivity index (χ0) is 18.6. The number of alkyl halides is 3. The molecule has 1 aliphatic rings. The Kier molecular flexibility index (Phi) is 5.92. The van der Waals surface area contributed by atoms with Crippen molar-refractivity contribution in [3.05, 3.63) is 29.8 Å². The van der Waals surface area contributed by atoms with Crippen molar-refractivity contribution in [1.29, 1.82) is 0 Å². The van der Waals surface area contributed by atoms with E-state index < -0.39 is 17.7 Å². The van der Waals surface area contributed by atoms with Crippen LogP contribution in [0.25, 0.3) is 0 Å². The van der Waals surface area contributed by atoms with Gasteiger partial charge in [0.25, 0.3) is 0 Å². The van der Waals surface area contributed by atoms with Gasteiger partial charge in [-0.15, -0.1) is 0 Å². The molecule has 1 N–H and O–H groups in total. The van der Waals surface area contributed by atoms with Gasteiger partial charge in [-0.25, -0.2) is 0 Å². The molecule has 0 aromatic heterocycles. The molecule has 1 atom stereocenters. The summed E-state index contributed by atoms with van der Waals surface area (Å²) in [5, 5.41) is 8.74. The SMILES string of the molecule is CC(CC(=O)O)CC(=O)N1CCN(c2cccc(C(F)(F)F)c2)CC1. The largest absolute Gasteiger partial charge is 0.481 e. The van der Waals surface area contributed by atoms with Gasteiger partial charge < -0.3 is 14.9 Å². The molecule has 0 saturated carbocycles. The predicted molar refractivity (Wildman–Crippen MR) is 86.3 cm³/mol. The molecule has 1 aliphatic heterocycles. The minimum absolute atomic E-state index is 0.0596. The number of hydrogen-bond acceptors (Lipinski definition) is 3. The summed E-state index contributed by atoms with van der Waals surface area (Å²) in [6.07, 6.45) is -4.28. The van der Waals surface area contributed by atoms with Gasteiger partial charge in [0.05, 0.1) is 5.56 Å². The van der Waals surface area contributed by atoms with Gasteiger partial charge in [-0.1, -0.05) is 13.0 Å². The van der Waals surface area contributed by atoms with Crippen LogP contribution in [0.2, 0.25) is 0 Å². The van der Waals surface area contributed by atoms with Gasteiger partial charge in [0.1, 0.15) is 0 Å². The first kappa shape index (κ1) is 19.1. The smallest absolute Gasteiger partial charge is 0.416 e. The average molecular weight is 358 g/mol. The molecule has 1 saturated heterocycles. The number of nitrogens with zero attached hydrogens (tertiary/aromatic N) is 2. The highest BCUT2D eigenvalue weighted by atomic mass is 19.4. The minimum Gasteiger partial charge on any atom is -0.481 e. The third-order valence-electron chi connectivity index (χ3n) is 4.22. The fraction of sp³-hybridized carbons (Fsp3) is 0.529. The maximum absolute atomic E-state index is 12.8. The van der Waals surface area contributed by atoms with Crippen molar-refractivity contribution in [3.8, 4) is 0 Å². The minimum atomic E-state index is -4.38. The van der Waals surface area contributed by atoms with Crippen molar-refractivity contribution in [3.63, 3.8) is 0 Å². The van der Waals surface area contributed by atoms with Crippen LogP contribution < -0.4 is 4.90 Å². The Hall–Kier alpha value is -2.25. The summed E-state index contributed by atoms with van der Waals surface area (Å²) in [5.41, 5.74) is -0.202. The molecule has 5 nitrogen and oxygen atoms in total. The van der Waals surface area contributed by atoms with Gasteiger partial charge >= 0.3 is 12.1 Å². The van der Waals surface area contributed by atoms with E-state index in [2.05, 4.69) is 0 Å². The van der Waals surface area contributed by atoms with Gasteiger partial charge in [0, 0.05) is 44.7 Å². The summed E-state index contributed by atoms with van der Waals surface area (Å²) >= 11 is 0. The van der Waals surface area contributed by atoms with E-state index in [4.69, 9.17) is 5.11 Å². The number of amides is 1.